The fourth-order valence-electron chi connectivity index (χ4n) is 0.851. The van der Waals surface area contributed by atoms with Crippen LogP contribution in [-0.2, 0) is 6.54 Å². The molecule has 11 heavy (non-hydrogen) atoms. The van der Waals surface area contributed by atoms with Gasteiger partial charge >= 0.3 is 0 Å². The van der Waals surface area contributed by atoms with Gasteiger partial charge in [-0.3, -0.25) is 0 Å². The van der Waals surface area contributed by atoms with Crippen LogP contribution in [0.25, 0.3) is 0 Å². The highest BCUT2D eigenvalue weighted by atomic mass is 35.5. The van der Waals surface area contributed by atoms with Crippen LogP contribution in [0.3, 0.4) is 0 Å². The Bertz CT molecular complexity index is 222. The van der Waals surface area contributed by atoms with Crippen LogP contribution >= 0.6 is 23.1 Å². The maximum Gasteiger partial charge on any atom is 0.0483 e. The first-order chi connectivity index (χ1) is 5.22. The highest BCUT2D eigenvalue weighted by Gasteiger charge is 2.00. The summed E-state index contributed by atoms with van der Waals surface area (Å²) < 4.78 is 1.78. The Hall–Kier alpha value is -0.0500. The van der Waals surface area contributed by atoms with Gasteiger partial charge in [0, 0.05) is 22.8 Å². The van der Waals surface area contributed by atoms with Gasteiger partial charge < -0.3 is 0 Å². The van der Waals surface area contributed by atoms with Crippen LogP contribution in [0.1, 0.15) is 16.7 Å². The third-order valence-electron chi connectivity index (χ3n) is 1.47. The lowest BCUT2D eigenvalue weighted by atomic mass is 10.4. The smallest absolute Gasteiger partial charge is 0.0483 e. The quantitative estimate of drug-likeness (QED) is 0.661. The van der Waals surface area contributed by atoms with E-state index in [1.807, 2.05) is 6.92 Å². The summed E-state index contributed by atoms with van der Waals surface area (Å²) in [6, 6.07) is 4.26. The number of thiophene rings is 1. The molecule has 0 N–H and O–H groups in total. The monoisotopic (exact) mass is 189 g/mol. The minimum atomic E-state index is 0.858. The Morgan fingerprint density at radius 3 is 2.73 bits per heavy atom. The molecule has 0 saturated carbocycles. The van der Waals surface area contributed by atoms with Crippen LogP contribution in [0.2, 0.25) is 0 Å². The van der Waals surface area contributed by atoms with Crippen molar-refractivity contribution in [2.75, 3.05) is 6.54 Å². The molecule has 3 heteroatoms. The standard InChI is InChI=1S/C8H12ClNS/c1-3-10(9)6-8-5-4-7(2)11-8/h4-5H,3,6H2,1-2H3. The lowest BCUT2D eigenvalue weighted by Gasteiger charge is -2.07. The average molecular weight is 190 g/mol. The Morgan fingerprint density at radius 2 is 2.27 bits per heavy atom. The highest BCUT2D eigenvalue weighted by molar-refractivity contribution is 7.11. The molecule has 1 heterocycles. The van der Waals surface area contributed by atoms with Gasteiger partial charge in [-0.05, 0) is 30.8 Å². The number of hydrogen-bond donors (Lipinski definition) is 0. The van der Waals surface area contributed by atoms with Crippen molar-refractivity contribution >= 4 is 23.1 Å². The second-order valence-electron chi connectivity index (χ2n) is 2.45. The van der Waals surface area contributed by atoms with Crippen LogP contribution in [0, 0.1) is 6.92 Å². The van der Waals surface area contributed by atoms with Gasteiger partial charge in [0.05, 0.1) is 0 Å². The van der Waals surface area contributed by atoms with E-state index in [0.29, 0.717) is 0 Å². The molecule has 0 unspecified atom stereocenters. The van der Waals surface area contributed by atoms with Gasteiger partial charge in [0.1, 0.15) is 0 Å². The Balaban J connectivity index is 2.50. The van der Waals surface area contributed by atoms with E-state index < -0.39 is 0 Å². The van der Waals surface area contributed by atoms with E-state index in [0.717, 1.165) is 13.1 Å². The fraction of sp³-hybridized carbons (Fsp3) is 0.500. The van der Waals surface area contributed by atoms with Gasteiger partial charge in [0.15, 0.2) is 0 Å². The van der Waals surface area contributed by atoms with Crippen LogP contribution in [0.5, 0.6) is 0 Å². The summed E-state index contributed by atoms with van der Waals surface area (Å²) in [5.41, 5.74) is 0. The Labute approximate surface area is 76.7 Å². The average Bonchev–Trinajstić information content (AvgIpc) is 2.35. The zero-order valence-corrected chi connectivity index (χ0v) is 8.37. The van der Waals surface area contributed by atoms with Crippen molar-refractivity contribution in [2.24, 2.45) is 0 Å². The molecule has 0 radical (unpaired) electrons. The third kappa shape index (κ3) is 2.81. The lowest BCUT2D eigenvalue weighted by Crippen LogP contribution is -2.08. The van der Waals surface area contributed by atoms with Gasteiger partial charge in [0.2, 0.25) is 0 Å². The van der Waals surface area contributed by atoms with Crippen molar-refractivity contribution in [1.29, 1.82) is 0 Å². The van der Waals surface area contributed by atoms with Crippen LogP contribution in [-0.4, -0.2) is 11.0 Å². The van der Waals surface area contributed by atoms with Crippen molar-refractivity contribution in [3.05, 3.63) is 21.9 Å². The van der Waals surface area contributed by atoms with Crippen LogP contribution in [0.4, 0.5) is 0 Å². The second kappa shape index (κ2) is 4.10. The molecule has 0 amide bonds. The summed E-state index contributed by atoms with van der Waals surface area (Å²) in [6.07, 6.45) is 0. The molecule has 0 saturated heterocycles. The molecule has 0 atom stereocenters. The van der Waals surface area contributed by atoms with E-state index in [4.69, 9.17) is 11.8 Å². The SMILES string of the molecule is CCN(Cl)Cc1ccc(C)s1. The summed E-state index contributed by atoms with van der Waals surface area (Å²) >= 11 is 7.65. The molecule has 0 fully saturated rings. The predicted molar refractivity (Wildman–Crippen MR) is 51.0 cm³/mol. The Kier molecular flexibility index (Phi) is 3.37. The zero-order chi connectivity index (χ0) is 8.27. The summed E-state index contributed by atoms with van der Waals surface area (Å²) in [6.45, 7) is 5.90. The molecule has 1 nitrogen and oxygen atoms in total. The molecule has 1 rings (SSSR count). The van der Waals surface area contributed by atoms with Crippen molar-refractivity contribution in [2.45, 2.75) is 20.4 Å². The van der Waals surface area contributed by atoms with Gasteiger partial charge in [0.25, 0.3) is 0 Å². The van der Waals surface area contributed by atoms with E-state index >= 15 is 0 Å². The van der Waals surface area contributed by atoms with Crippen LogP contribution in [0.15, 0.2) is 12.1 Å². The van der Waals surface area contributed by atoms with Gasteiger partial charge in [-0.15, -0.1) is 11.3 Å². The maximum atomic E-state index is 5.85. The molecule has 0 aliphatic rings. The molecule has 0 spiro atoms. The molecule has 0 aliphatic heterocycles. The summed E-state index contributed by atoms with van der Waals surface area (Å²) in [7, 11) is 0. The molecular formula is C8H12ClNS. The minimum Gasteiger partial charge on any atom is -0.215 e. The molecular weight excluding hydrogens is 178 g/mol. The molecule has 1 aromatic heterocycles. The Morgan fingerprint density at radius 1 is 1.55 bits per heavy atom. The third-order valence-corrected chi connectivity index (χ3v) is 2.81. The number of aryl methyl sites for hydroxylation is 1. The maximum absolute atomic E-state index is 5.85. The summed E-state index contributed by atoms with van der Waals surface area (Å²) in [5.74, 6) is 0. The first kappa shape index (κ1) is 9.04. The molecule has 0 aliphatic carbocycles. The van der Waals surface area contributed by atoms with Crippen LogP contribution < -0.4 is 0 Å². The molecule has 0 bridgehead atoms. The largest absolute Gasteiger partial charge is 0.215 e. The molecule has 1 aromatic rings. The fourth-order valence-corrected chi connectivity index (χ4v) is 1.96. The first-order valence-electron chi connectivity index (χ1n) is 3.68. The summed E-state index contributed by atoms with van der Waals surface area (Å²) in [5, 5.41) is 0. The molecule has 62 valence electrons. The van der Waals surface area contributed by atoms with Gasteiger partial charge in [-0.1, -0.05) is 6.92 Å². The zero-order valence-electron chi connectivity index (χ0n) is 6.80. The van der Waals surface area contributed by atoms with Crippen molar-refractivity contribution in [1.82, 2.24) is 4.42 Å². The number of nitrogens with zero attached hydrogens (tertiary/aromatic N) is 1. The van der Waals surface area contributed by atoms with E-state index in [2.05, 4.69) is 19.1 Å². The van der Waals surface area contributed by atoms with E-state index in [-0.39, 0.29) is 0 Å². The van der Waals surface area contributed by atoms with Crippen molar-refractivity contribution < 1.29 is 0 Å². The van der Waals surface area contributed by atoms with Crippen molar-refractivity contribution in [3.63, 3.8) is 0 Å². The normalized spacial score (nSPS) is 10.9. The minimum absolute atomic E-state index is 0.858. The van der Waals surface area contributed by atoms with Gasteiger partial charge in [-0.25, -0.2) is 4.42 Å². The van der Waals surface area contributed by atoms with Gasteiger partial charge in [-0.2, -0.15) is 0 Å². The number of rotatable bonds is 3. The van der Waals surface area contributed by atoms with Crippen molar-refractivity contribution in [3.8, 4) is 0 Å². The lowest BCUT2D eigenvalue weighted by molar-refractivity contribution is 0.480. The topological polar surface area (TPSA) is 3.24 Å². The second-order valence-corrected chi connectivity index (χ2v) is 4.30. The highest BCUT2D eigenvalue weighted by Crippen LogP contribution is 2.17. The molecule has 0 aromatic carbocycles. The summed E-state index contributed by atoms with van der Waals surface area (Å²) in [4.78, 5) is 2.68. The van der Waals surface area contributed by atoms with E-state index in [1.54, 1.807) is 15.8 Å². The van der Waals surface area contributed by atoms with E-state index in [1.165, 1.54) is 9.75 Å². The first-order valence-corrected chi connectivity index (χ1v) is 4.84. The number of hydrogen-bond acceptors (Lipinski definition) is 2. The van der Waals surface area contributed by atoms with E-state index in [9.17, 15) is 0 Å². The number of halogens is 1. The predicted octanol–water partition coefficient (Wildman–Crippen LogP) is 3.03.